The molecule has 134 valence electrons. The van der Waals surface area contributed by atoms with Gasteiger partial charge in [0.05, 0.1) is 22.4 Å². The molecular weight excluding hydrogens is 357 g/mol. The first kappa shape index (κ1) is 17.2. The van der Waals surface area contributed by atoms with Crippen LogP contribution in [-0.4, -0.2) is 22.3 Å². The molecule has 0 unspecified atom stereocenters. The van der Waals surface area contributed by atoms with Crippen LogP contribution in [0.5, 0.6) is 0 Å². The lowest BCUT2D eigenvalue weighted by molar-refractivity contribution is -0.137. The van der Waals surface area contributed by atoms with Crippen LogP contribution in [0.15, 0.2) is 29.1 Å². The molecule has 0 spiro atoms. The minimum Gasteiger partial charge on any atom is -0.384 e. The molecule has 26 heavy (non-hydrogen) atoms. The minimum atomic E-state index is -4.83. The van der Waals surface area contributed by atoms with Crippen LogP contribution in [0.25, 0.3) is 5.69 Å². The van der Waals surface area contributed by atoms with E-state index in [1.165, 1.54) is 0 Å². The van der Waals surface area contributed by atoms with Gasteiger partial charge >= 0.3 is 6.18 Å². The fraction of sp³-hybridized carbons (Fsp3) is 0.0667. The lowest BCUT2D eigenvalue weighted by atomic mass is 10.1. The number of carbonyl (C=O) groups excluding carboxylic acids is 3. The number of pyridine rings is 1. The Balaban J connectivity index is 2.35. The van der Waals surface area contributed by atoms with Crippen LogP contribution in [-0.2, 0) is 6.18 Å². The summed E-state index contributed by atoms with van der Waals surface area (Å²) in [5.74, 6) is -3.43. The maximum absolute atomic E-state index is 13.1. The number of carbonyl (C=O) groups is 3. The molecule has 0 saturated carbocycles. The van der Waals surface area contributed by atoms with Crippen molar-refractivity contribution in [2.75, 3.05) is 5.73 Å². The van der Waals surface area contributed by atoms with Gasteiger partial charge in [-0.3, -0.25) is 29.1 Å². The molecule has 2 aromatic rings. The lowest BCUT2D eigenvalue weighted by Crippen LogP contribution is -2.25. The smallest absolute Gasteiger partial charge is 0.384 e. The number of halogens is 3. The molecule has 0 bridgehead atoms. The SMILES string of the molecule is NC(=O)c1cc(-n2c(N)c3c(cc2=O)C(=O)NC3=O)cc(C(F)(F)F)c1. The van der Waals surface area contributed by atoms with E-state index in [2.05, 4.69) is 0 Å². The molecule has 5 N–H and O–H groups in total. The molecule has 0 radical (unpaired) electrons. The number of aromatic nitrogens is 1. The van der Waals surface area contributed by atoms with Gasteiger partial charge in [-0.1, -0.05) is 0 Å². The molecule has 11 heteroatoms. The van der Waals surface area contributed by atoms with E-state index in [-0.39, 0.29) is 11.1 Å². The van der Waals surface area contributed by atoms with Gasteiger partial charge in [0.2, 0.25) is 5.91 Å². The second kappa shape index (κ2) is 5.44. The van der Waals surface area contributed by atoms with Crippen LogP contribution in [0, 0.1) is 0 Å². The number of rotatable bonds is 2. The highest BCUT2D eigenvalue weighted by Gasteiger charge is 2.34. The number of hydrogen-bond acceptors (Lipinski definition) is 5. The predicted octanol–water partition coefficient (Wildman–Crippen LogP) is 0.421. The number of fused-ring (bicyclic) bond motifs is 1. The summed E-state index contributed by atoms with van der Waals surface area (Å²) in [7, 11) is 0. The van der Waals surface area contributed by atoms with E-state index in [4.69, 9.17) is 11.5 Å². The first-order valence-corrected chi connectivity index (χ1v) is 6.94. The molecular formula is C15H9F3N4O4. The van der Waals surface area contributed by atoms with E-state index >= 15 is 0 Å². The molecule has 3 amide bonds. The first-order valence-electron chi connectivity index (χ1n) is 6.94. The van der Waals surface area contributed by atoms with E-state index in [0.717, 1.165) is 12.1 Å². The van der Waals surface area contributed by atoms with Gasteiger partial charge in [0.15, 0.2) is 0 Å². The number of benzene rings is 1. The van der Waals surface area contributed by atoms with Crippen molar-refractivity contribution in [3.05, 3.63) is 56.9 Å². The van der Waals surface area contributed by atoms with Gasteiger partial charge in [-0.25, -0.2) is 0 Å². The van der Waals surface area contributed by atoms with Crippen molar-refractivity contribution in [1.82, 2.24) is 9.88 Å². The van der Waals surface area contributed by atoms with E-state index in [9.17, 15) is 32.3 Å². The van der Waals surface area contributed by atoms with Crippen LogP contribution in [0.3, 0.4) is 0 Å². The maximum Gasteiger partial charge on any atom is 0.416 e. The Labute approximate surface area is 142 Å². The van der Waals surface area contributed by atoms with Gasteiger partial charge in [0, 0.05) is 11.6 Å². The van der Waals surface area contributed by atoms with Crippen molar-refractivity contribution in [1.29, 1.82) is 0 Å². The van der Waals surface area contributed by atoms with E-state index in [1.54, 1.807) is 0 Å². The van der Waals surface area contributed by atoms with Crippen LogP contribution < -0.4 is 22.3 Å². The first-order chi connectivity index (χ1) is 12.0. The summed E-state index contributed by atoms with van der Waals surface area (Å²) in [6.07, 6.45) is -4.83. The summed E-state index contributed by atoms with van der Waals surface area (Å²) in [5.41, 5.74) is 7.05. The number of imide groups is 1. The van der Waals surface area contributed by atoms with Crippen molar-refractivity contribution in [3.8, 4) is 5.69 Å². The molecule has 0 fully saturated rings. The topological polar surface area (TPSA) is 137 Å². The van der Waals surface area contributed by atoms with Crippen molar-refractivity contribution < 1.29 is 27.6 Å². The van der Waals surface area contributed by atoms with E-state index in [0.29, 0.717) is 16.7 Å². The zero-order valence-corrected chi connectivity index (χ0v) is 12.7. The zero-order valence-electron chi connectivity index (χ0n) is 12.7. The fourth-order valence-electron chi connectivity index (χ4n) is 2.59. The molecule has 1 aromatic heterocycles. The second-order valence-corrected chi connectivity index (χ2v) is 5.41. The summed E-state index contributed by atoms with van der Waals surface area (Å²) < 4.78 is 39.8. The zero-order chi connectivity index (χ0) is 19.4. The van der Waals surface area contributed by atoms with Crippen LogP contribution in [0.4, 0.5) is 19.0 Å². The molecule has 0 atom stereocenters. The largest absolute Gasteiger partial charge is 0.416 e. The fourth-order valence-corrected chi connectivity index (χ4v) is 2.59. The molecule has 2 heterocycles. The lowest BCUT2D eigenvalue weighted by Gasteiger charge is -2.15. The van der Waals surface area contributed by atoms with Gasteiger partial charge < -0.3 is 11.5 Å². The molecule has 3 rings (SSSR count). The maximum atomic E-state index is 13.1. The van der Waals surface area contributed by atoms with Crippen molar-refractivity contribution >= 4 is 23.5 Å². The van der Waals surface area contributed by atoms with Crippen molar-refractivity contribution in [3.63, 3.8) is 0 Å². The monoisotopic (exact) mass is 366 g/mol. The Kier molecular flexibility index (Phi) is 3.60. The van der Waals surface area contributed by atoms with Gasteiger partial charge in [-0.2, -0.15) is 13.2 Å². The highest BCUT2D eigenvalue weighted by atomic mass is 19.4. The molecule has 8 nitrogen and oxygen atoms in total. The Hall–Kier alpha value is -3.63. The number of amides is 3. The third-order valence-electron chi connectivity index (χ3n) is 3.74. The number of nitrogens with zero attached hydrogens (tertiary/aromatic N) is 1. The Morgan fingerprint density at radius 2 is 1.69 bits per heavy atom. The molecule has 0 aliphatic carbocycles. The van der Waals surface area contributed by atoms with Crippen molar-refractivity contribution in [2.45, 2.75) is 6.18 Å². The number of alkyl halides is 3. The average Bonchev–Trinajstić information content (AvgIpc) is 2.80. The number of anilines is 1. The van der Waals surface area contributed by atoms with Gasteiger partial charge in [-0.15, -0.1) is 0 Å². The highest BCUT2D eigenvalue weighted by molar-refractivity contribution is 6.23. The average molecular weight is 366 g/mol. The number of nitrogen functional groups attached to an aromatic ring is 1. The Morgan fingerprint density at radius 3 is 2.27 bits per heavy atom. The Morgan fingerprint density at radius 1 is 1.04 bits per heavy atom. The number of hydrogen-bond donors (Lipinski definition) is 3. The Bertz CT molecular complexity index is 1060. The number of nitrogens with one attached hydrogen (secondary N) is 1. The summed E-state index contributed by atoms with van der Waals surface area (Å²) >= 11 is 0. The van der Waals surface area contributed by atoms with Crippen LogP contribution >= 0.6 is 0 Å². The van der Waals surface area contributed by atoms with Gasteiger partial charge in [0.1, 0.15) is 5.82 Å². The standard InChI is InChI=1S/C15H9F3N4O4/c16-15(17,18)6-1-5(12(20)24)2-7(3-6)22-9(23)4-8-10(11(22)19)14(26)21-13(8)25/h1-4H,19H2,(H2,20,24)(H,21,25,26). The van der Waals surface area contributed by atoms with E-state index in [1.807, 2.05) is 5.32 Å². The minimum absolute atomic E-state index is 0.282. The number of nitrogens with two attached hydrogens (primary N) is 2. The van der Waals surface area contributed by atoms with Crippen LogP contribution in [0.1, 0.15) is 36.6 Å². The van der Waals surface area contributed by atoms with Crippen LogP contribution in [0.2, 0.25) is 0 Å². The second-order valence-electron chi connectivity index (χ2n) is 5.41. The normalized spacial score (nSPS) is 13.5. The third kappa shape index (κ3) is 2.59. The van der Waals surface area contributed by atoms with E-state index < -0.39 is 52.1 Å². The molecule has 1 aliphatic heterocycles. The van der Waals surface area contributed by atoms with Gasteiger partial charge in [-0.05, 0) is 18.2 Å². The summed E-state index contributed by atoms with van der Waals surface area (Å²) in [5, 5.41) is 1.93. The highest BCUT2D eigenvalue weighted by Crippen LogP contribution is 2.32. The molecule has 1 aromatic carbocycles. The summed E-state index contributed by atoms with van der Waals surface area (Å²) in [6.45, 7) is 0. The molecule has 0 saturated heterocycles. The number of primary amides is 1. The molecule has 1 aliphatic rings. The quantitative estimate of drug-likeness (QED) is 0.662. The van der Waals surface area contributed by atoms with Crippen molar-refractivity contribution in [2.24, 2.45) is 5.73 Å². The predicted molar refractivity (Wildman–Crippen MR) is 81.8 cm³/mol. The summed E-state index contributed by atoms with van der Waals surface area (Å²) in [6, 6.07) is 2.80. The van der Waals surface area contributed by atoms with Gasteiger partial charge in [0.25, 0.3) is 17.4 Å². The summed E-state index contributed by atoms with van der Waals surface area (Å²) in [4.78, 5) is 47.1. The third-order valence-corrected chi connectivity index (χ3v) is 3.74.